The van der Waals surface area contributed by atoms with Gasteiger partial charge in [-0.25, -0.2) is 0 Å². The van der Waals surface area contributed by atoms with Crippen LogP contribution in [0.25, 0.3) is 0 Å². The molecule has 3 heteroatoms. The van der Waals surface area contributed by atoms with Crippen molar-refractivity contribution in [2.75, 3.05) is 0 Å². The Hall–Kier alpha value is 0.392. The minimum Gasteiger partial charge on any atom is -0.542 e. The zero-order chi connectivity index (χ0) is 4.83. The van der Waals surface area contributed by atoms with E-state index in [-0.39, 0.29) is 44.0 Å². The maximum atomic E-state index is 9.26. The van der Waals surface area contributed by atoms with Crippen molar-refractivity contribution < 1.29 is 40.7 Å². The summed E-state index contributed by atoms with van der Waals surface area (Å²) >= 11 is 0. The van der Waals surface area contributed by atoms with E-state index in [1.54, 1.807) is 12.6 Å². The van der Waals surface area contributed by atoms with Crippen LogP contribution in [0.1, 0.15) is 12.8 Å². The molecule has 0 aliphatic carbocycles. The largest absolute Gasteiger partial charge is 2.00 e. The maximum Gasteiger partial charge on any atom is 2.00 e. The van der Waals surface area contributed by atoms with Crippen molar-refractivity contribution in [3.05, 3.63) is 0 Å². The van der Waals surface area contributed by atoms with Gasteiger partial charge < -0.3 is 9.59 Å². The van der Waals surface area contributed by atoms with Crippen molar-refractivity contribution in [2.24, 2.45) is 0 Å². The number of rotatable bonds is 3. The number of hydrogen-bond acceptors (Lipinski definition) is 2. The molecule has 0 atom stereocenters. The van der Waals surface area contributed by atoms with Crippen LogP contribution >= 0.6 is 0 Å². The van der Waals surface area contributed by atoms with Gasteiger partial charge in [-0.3, -0.25) is 12.6 Å². The molecule has 0 aromatic rings. The van der Waals surface area contributed by atoms with Gasteiger partial charge in [0.2, 0.25) is 0 Å². The Morgan fingerprint density at radius 2 is 1.29 bits per heavy atom. The molecule has 7 heavy (non-hydrogen) atoms. The molecule has 0 rings (SSSR count). The van der Waals surface area contributed by atoms with Gasteiger partial charge >= 0.3 is 31.1 Å². The second kappa shape index (κ2) is 9.63. The summed E-state index contributed by atoms with van der Waals surface area (Å²) in [6.45, 7) is 0. The second-order valence-corrected chi connectivity index (χ2v) is 0.789. The first kappa shape index (κ1) is 10.4. The minimum absolute atomic E-state index is 0. The molecule has 0 amide bonds. The fourth-order valence-corrected chi connectivity index (χ4v) is 0.102. The molecule has 0 aromatic carbocycles. The predicted octanol–water partition coefficient (Wildman–Crippen LogP) is -0.0140. The van der Waals surface area contributed by atoms with E-state index in [9.17, 15) is 9.59 Å². The van der Waals surface area contributed by atoms with Crippen LogP contribution in [0.5, 0.6) is 0 Å². The van der Waals surface area contributed by atoms with Gasteiger partial charge in [0.15, 0.2) is 0 Å². The molecule has 0 aromatic heterocycles. The normalized spacial score (nSPS) is 6.29. The molecule has 0 N–H and O–H groups in total. The van der Waals surface area contributed by atoms with Crippen LogP contribution in [0.3, 0.4) is 0 Å². The van der Waals surface area contributed by atoms with Gasteiger partial charge in [0.1, 0.15) is 0 Å². The summed E-state index contributed by atoms with van der Waals surface area (Å²) in [6.07, 6.45) is 3.48. The van der Waals surface area contributed by atoms with Crippen molar-refractivity contribution in [2.45, 2.75) is 12.8 Å². The summed E-state index contributed by atoms with van der Waals surface area (Å²) < 4.78 is 0. The van der Waals surface area contributed by atoms with Crippen LogP contribution in [0.15, 0.2) is 0 Å². The molecule has 2 nitrogen and oxygen atoms in total. The standard InChI is InChI=1S/C4H4O2.U/c5-3-1-2-4-6;/h1-2H2;/q-2;+2. The zero-order valence-corrected chi connectivity index (χ0v) is 7.89. The molecule has 0 spiro atoms. The Morgan fingerprint density at radius 1 is 1.00 bits per heavy atom. The van der Waals surface area contributed by atoms with Crippen LogP contribution in [-0.2, 0) is 9.59 Å². The first-order chi connectivity index (χ1) is 2.91. The molecule has 0 aliphatic heterocycles. The van der Waals surface area contributed by atoms with Crippen LogP contribution in [0.2, 0.25) is 0 Å². The Labute approximate surface area is 66.0 Å². The third-order valence-corrected chi connectivity index (χ3v) is 0.329. The van der Waals surface area contributed by atoms with Gasteiger partial charge in [-0.05, 0) is 0 Å². The van der Waals surface area contributed by atoms with E-state index in [2.05, 4.69) is 0 Å². The van der Waals surface area contributed by atoms with Gasteiger partial charge in [-0.15, -0.1) is 0 Å². The topological polar surface area (TPSA) is 34.1 Å². The van der Waals surface area contributed by atoms with E-state index in [4.69, 9.17) is 0 Å². The van der Waals surface area contributed by atoms with Gasteiger partial charge in [0, 0.05) is 0 Å². The minimum atomic E-state index is 0. The van der Waals surface area contributed by atoms with E-state index in [0.29, 0.717) is 0 Å². The Bertz CT molecular complexity index is 45.7. The van der Waals surface area contributed by atoms with Gasteiger partial charge in [0.25, 0.3) is 0 Å². The number of hydrogen-bond donors (Lipinski definition) is 0. The van der Waals surface area contributed by atoms with Crippen LogP contribution < -0.4 is 0 Å². The zero-order valence-electron chi connectivity index (χ0n) is 3.73. The average Bonchev–Trinajstić information content (AvgIpc) is 1.61. The average molecular weight is 322 g/mol. The van der Waals surface area contributed by atoms with Crippen molar-refractivity contribution in [3.8, 4) is 0 Å². The summed E-state index contributed by atoms with van der Waals surface area (Å²) in [5, 5.41) is 0. The van der Waals surface area contributed by atoms with Crippen LogP contribution in [0.4, 0.5) is 0 Å². The monoisotopic (exact) mass is 322 g/mol. The predicted molar refractivity (Wildman–Crippen MR) is 20.6 cm³/mol. The SMILES string of the molecule is O=[C-]CC[C-]=O.[U+2]. The fraction of sp³-hybridized carbons (Fsp3) is 0.500. The van der Waals surface area contributed by atoms with Gasteiger partial charge in [0.05, 0.1) is 0 Å². The van der Waals surface area contributed by atoms with Crippen molar-refractivity contribution in [1.29, 1.82) is 0 Å². The maximum absolute atomic E-state index is 9.26. The van der Waals surface area contributed by atoms with Crippen molar-refractivity contribution >= 4 is 12.6 Å². The Kier molecular flexibility index (Phi) is 14.3. The number of unbranched alkanes of at least 4 members (excludes halogenated alkanes) is 1. The Balaban J connectivity index is 0. The van der Waals surface area contributed by atoms with E-state index in [1.165, 1.54) is 0 Å². The fourth-order valence-electron chi connectivity index (χ4n) is 0.102. The van der Waals surface area contributed by atoms with E-state index in [0.717, 1.165) is 0 Å². The van der Waals surface area contributed by atoms with Crippen LogP contribution in [-0.4, -0.2) is 12.6 Å². The third-order valence-electron chi connectivity index (χ3n) is 0.329. The summed E-state index contributed by atoms with van der Waals surface area (Å²) in [5.41, 5.74) is 0. The van der Waals surface area contributed by atoms with Gasteiger partial charge in [-0.2, -0.15) is 12.8 Å². The van der Waals surface area contributed by atoms with E-state index < -0.39 is 0 Å². The van der Waals surface area contributed by atoms with Crippen molar-refractivity contribution in [3.63, 3.8) is 0 Å². The molecule has 0 saturated heterocycles. The molecule has 0 fully saturated rings. The molecule has 0 radical (unpaired) electrons. The molecule has 0 heterocycles. The number of carbonyl (C=O) groups excluding carboxylic acids is 2. The molecule has 0 unspecified atom stereocenters. The Morgan fingerprint density at radius 3 is 1.43 bits per heavy atom. The van der Waals surface area contributed by atoms with E-state index in [1.807, 2.05) is 0 Å². The summed E-state index contributed by atoms with van der Waals surface area (Å²) in [6, 6.07) is 0. The first-order valence-electron chi connectivity index (χ1n) is 1.62. The van der Waals surface area contributed by atoms with Gasteiger partial charge in [-0.1, -0.05) is 0 Å². The molecular formula is C4H4O2U. The van der Waals surface area contributed by atoms with E-state index >= 15 is 0 Å². The molecule has 36 valence electrons. The smallest absolute Gasteiger partial charge is 0.542 e. The molecule has 0 aliphatic rings. The quantitative estimate of drug-likeness (QED) is 0.541. The summed E-state index contributed by atoms with van der Waals surface area (Å²) in [7, 11) is 0. The molecule has 0 bridgehead atoms. The van der Waals surface area contributed by atoms with Crippen LogP contribution in [0, 0.1) is 31.1 Å². The third kappa shape index (κ3) is 10.7. The summed E-state index contributed by atoms with van der Waals surface area (Å²) in [5.74, 6) is 0. The molecular weight excluding hydrogens is 318 g/mol. The molecule has 0 saturated carbocycles. The van der Waals surface area contributed by atoms with Crippen molar-refractivity contribution in [1.82, 2.24) is 0 Å². The first-order valence-corrected chi connectivity index (χ1v) is 1.62. The second-order valence-electron chi connectivity index (χ2n) is 0.789. The summed E-state index contributed by atoms with van der Waals surface area (Å²) in [4.78, 5) is 18.5.